The fraction of sp³-hybridized carbons (Fsp3) is 1.00. The van der Waals surface area contributed by atoms with Crippen molar-refractivity contribution in [3.63, 3.8) is 0 Å². The molecule has 1 unspecified atom stereocenters. The van der Waals surface area contributed by atoms with Crippen LogP contribution in [0.1, 0.15) is 180 Å². The van der Waals surface area contributed by atoms with Gasteiger partial charge in [0.1, 0.15) is 0 Å². The predicted molar refractivity (Wildman–Crippen MR) is 201 cm³/mol. The Kier molecular flexibility index (Phi) is 627. The van der Waals surface area contributed by atoms with Crippen molar-refractivity contribution in [2.45, 2.75) is 185 Å². The van der Waals surface area contributed by atoms with Crippen LogP contribution in [0.2, 0.25) is 5.11 Å². The molecule has 239 valence electrons. The van der Waals surface area contributed by atoms with Crippen molar-refractivity contribution < 1.29 is 294 Å². The first-order chi connectivity index (χ1) is 15.3. The minimum absolute atomic E-state index is 0. The van der Waals surface area contributed by atoms with Crippen LogP contribution in [0.5, 0.6) is 0 Å². The third kappa shape index (κ3) is 231. The molecule has 0 aliphatic rings. The molecule has 0 heterocycles. The molecule has 0 aliphatic carbocycles. The zero-order valence-corrected chi connectivity index (χ0v) is 57.0. The topological polar surface area (TPSA) is 0 Å². The van der Waals surface area contributed by atoms with Crippen LogP contribution in [0.25, 0.3) is 0 Å². The average molecular weight is 1300 g/mol. The van der Waals surface area contributed by atoms with Gasteiger partial charge < -0.3 is 0 Å². The molecular weight excluding hydrogens is 1220 g/mol. The molecule has 0 rings (SSSR count). The summed E-state index contributed by atoms with van der Waals surface area (Å²) in [5.41, 5.74) is 0. The monoisotopic (exact) mass is 1300 g/mol. The molecule has 0 bridgehead atoms. The van der Waals surface area contributed by atoms with Gasteiger partial charge in [0.2, 0.25) is 0 Å². The van der Waals surface area contributed by atoms with Crippen molar-refractivity contribution in [3.8, 4) is 0 Å². The molecule has 0 fully saturated rings. The maximum atomic E-state index is 5.48. The van der Waals surface area contributed by atoms with Gasteiger partial charge in [-0.15, -0.1) is 5.11 Å². The van der Waals surface area contributed by atoms with Gasteiger partial charge in [0.25, 0.3) is 0 Å². The second-order valence-electron chi connectivity index (χ2n) is 5.56. The van der Waals surface area contributed by atoms with Crippen molar-refractivity contribution in [2.75, 3.05) is 0 Å². The molecule has 21 radical (unpaired) electrons. The van der Waals surface area contributed by atoms with Crippen LogP contribution < -0.4 is 0 Å². The number of rotatable bonds is 6. The van der Waals surface area contributed by atoms with E-state index >= 15 is 0 Å². The standard InChI is InChI=1S/C3H5B9.4C3H8.4C2H6.4CH4.9Y/c1-2-3(8-4,9-11-5)10-12(6)7;4*1-3-2;4*1-2;;;;;;;;;;;;;/h2H2,1H3;4*3H2,1-2H3;4*1-2H3;4*1H4;;;;;;;;;. The Hall–Kier alpha value is 10.5. The van der Waals surface area contributed by atoms with Gasteiger partial charge in [-0.25, -0.2) is 0 Å². The first-order valence-electron chi connectivity index (χ1n) is 13.6. The molecule has 0 aromatic rings. The van der Waals surface area contributed by atoms with Gasteiger partial charge in [0.05, 0.1) is 0 Å². The molecule has 0 saturated heterocycles. The molecule has 0 amide bonds. The fourth-order valence-electron chi connectivity index (χ4n) is 1.06. The second kappa shape index (κ2) is 192. The summed E-state index contributed by atoms with van der Waals surface area (Å²) in [4.78, 5) is 0. The predicted octanol–water partition coefficient (Wildman–Crippen LogP) is 9.98. The third-order valence-electron chi connectivity index (χ3n) is 1.83. The van der Waals surface area contributed by atoms with E-state index in [1.165, 1.54) is 32.7 Å². The second-order valence-corrected chi connectivity index (χ2v) is 5.56. The Bertz CT molecular complexity index is 196. The Morgan fingerprint density at radius 3 is 0.667 bits per heavy atom. The summed E-state index contributed by atoms with van der Waals surface area (Å²) in [5.74, 6) is 0. The van der Waals surface area contributed by atoms with Crippen molar-refractivity contribution >= 4 is 65.9 Å². The van der Waals surface area contributed by atoms with E-state index in [9.17, 15) is 0 Å². The van der Waals surface area contributed by atoms with Gasteiger partial charge >= 0.3 is 0 Å². The molecule has 0 aromatic carbocycles. The maximum absolute atomic E-state index is 5.48. The minimum atomic E-state index is -0.485. The molecule has 0 saturated carbocycles. The van der Waals surface area contributed by atoms with E-state index < -0.39 is 6.39 Å². The molecule has 1 atom stereocenters. The average Bonchev–Trinajstić information content (AvgIpc) is 2.81. The molecule has 0 aromatic heterocycles. The molecule has 0 spiro atoms. The summed E-state index contributed by atoms with van der Waals surface area (Å²) in [6, 6.07) is 0. The fourth-order valence-corrected chi connectivity index (χ4v) is 1.06. The summed E-state index contributed by atoms with van der Waals surface area (Å²) in [6.45, 7) is 35.0. The van der Waals surface area contributed by atoms with E-state index in [1.807, 2.05) is 62.3 Å². The van der Waals surface area contributed by atoms with Crippen molar-refractivity contribution in [2.24, 2.45) is 0 Å². The largest absolute Gasteiger partial charge is 0.133 e. The van der Waals surface area contributed by atoms with Crippen LogP contribution in [0.15, 0.2) is 0 Å². The Labute approximate surface area is 532 Å². The first-order valence-corrected chi connectivity index (χ1v) is 13.6. The van der Waals surface area contributed by atoms with Crippen LogP contribution in [0, 0.1) is 0 Å². The van der Waals surface area contributed by atoms with Crippen molar-refractivity contribution in [1.29, 1.82) is 0 Å². The van der Waals surface area contributed by atoms with Gasteiger partial charge in [-0.3, -0.25) is 0 Å². The normalized spacial score (nSPS) is 5.89. The van der Waals surface area contributed by atoms with E-state index in [0.717, 1.165) is 6.42 Å². The molecule has 0 nitrogen and oxygen atoms in total. The molecular formula is C27H77B9Y9. The van der Waals surface area contributed by atoms with Crippen LogP contribution in [-0.4, -0.2) is 65.9 Å². The minimum Gasteiger partial charge on any atom is -0.133 e. The van der Waals surface area contributed by atoms with E-state index in [2.05, 4.69) is 55.4 Å². The van der Waals surface area contributed by atoms with Crippen LogP contribution in [0.4, 0.5) is 0 Å². The summed E-state index contributed by atoms with van der Waals surface area (Å²) < 4.78 is 0. The van der Waals surface area contributed by atoms with Crippen LogP contribution in [0.3, 0.4) is 0 Å². The Morgan fingerprint density at radius 2 is 0.600 bits per heavy atom. The van der Waals surface area contributed by atoms with Crippen molar-refractivity contribution in [1.82, 2.24) is 0 Å². The van der Waals surface area contributed by atoms with Crippen LogP contribution in [-0.2, 0) is 294 Å². The van der Waals surface area contributed by atoms with Gasteiger partial charge in [-0.2, -0.15) is 0 Å². The molecule has 18 heteroatoms. The van der Waals surface area contributed by atoms with Crippen molar-refractivity contribution in [3.05, 3.63) is 0 Å². The van der Waals surface area contributed by atoms with E-state index in [0.29, 0.717) is 0 Å². The third-order valence-corrected chi connectivity index (χ3v) is 1.83. The molecule has 0 aliphatic heterocycles. The van der Waals surface area contributed by atoms with E-state index in [4.69, 9.17) is 30.9 Å². The Morgan fingerprint density at radius 1 is 0.444 bits per heavy atom. The first kappa shape index (κ1) is 147. The zero-order chi connectivity index (χ0) is 28.4. The smallest absolute Gasteiger partial charge is 0.0410 e. The Balaban J connectivity index is -0.00000000709. The SMILES string of the molecule is C.C.C.C.CC.CC.CC.CC.CCC.CCC.CCC.CCC.[B][B][B]C([B][B])([B]B([B])[B])CC.[Y].[Y].[Y].[Y].[Y].[Y].[Y].[Y].[Y]. The summed E-state index contributed by atoms with van der Waals surface area (Å²) in [5, 5.41) is -0.372. The van der Waals surface area contributed by atoms with E-state index in [-0.39, 0.29) is 329 Å². The van der Waals surface area contributed by atoms with Gasteiger partial charge in [0, 0.05) is 360 Å². The molecule has 0 N–H and O–H groups in total. The maximum Gasteiger partial charge on any atom is 0.0410 e. The quantitative estimate of drug-likeness (QED) is 0.233. The van der Waals surface area contributed by atoms with E-state index in [1.54, 1.807) is 21.5 Å². The van der Waals surface area contributed by atoms with Gasteiger partial charge in [-0.05, 0) is 0 Å². The molecule has 45 heavy (non-hydrogen) atoms. The van der Waals surface area contributed by atoms with Gasteiger partial charge in [-0.1, -0.05) is 180 Å². The number of hydrogen-bond donors (Lipinski definition) is 0. The summed E-state index contributed by atoms with van der Waals surface area (Å²) in [6.07, 6.45) is 5.31. The number of hydrogen-bond acceptors (Lipinski definition) is 0. The zero-order valence-electron chi connectivity index (χ0n) is 31.4. The van der Waals surface area contributed by atoms with Crippen LogP contribution >= 0.6 is 0 Å². The summed E-state index contributed by atoms with van der Waals surface area (Å²) >= 11 is 0. The van der Waals surface area contributed by atoms with Gasteiger partial charge in [0.15, 0.2) is 0 Å². The summed E-state index contributed by atoms with van der Waals surface area (Å²) in [7, 11) is 28.2.